The topological polar surface area (TPSA) is 42.4 Å². The fourth-order valence-electron chi connectivity index (χ4n) is 1.71. The summed E-state index contributed by atoms with van der Waals surface area (Å²) in [7, 11) is 4.15. The molecule has 0 amide bonds. The normalized spacial score (nSPS) is 15.6. The molecule has 0 bridgehead atoms. The molecular formula is C12H22N2O. The number of hydrogen-bond donors (Lipinski definition) is 1. The Morgan fingerprint density at radius 3 is 2.40 bits per heavy atom. The van der Waals surface area contributed by atoms with Crippen LogP contribution in [0.2, 0.25) is 0 Å². The molecule has 0 saturated heterocycles. The van der Waals surface area contributed by atoms with Crippen molar-refractivity contribution in [1.82, 2.24) is 4.90 Å². The van der Waals surface area contributed by atoms with Gasteiger partial charge in [0.15, 0.2) is 0 Å². The van der Waals surface area contributed by atoms with E-state index in [4.69, 9.17) is 10.2 Å². The SMILES string of the molecule is Cc1ccc(C(CCC(C)N)N(C)C)o1. The van der Waals surface area contributed by atoms with Gasteiger partial charge in [-0.1, -0.05) is 0 Å². The van der Waals surface area contributed by atoms with E-state index in [0.29, 0.717) is 6.04 Å². The second-order valence-electron chi connectivity index (χ2n) is 4.48. The van der Waals surface area contributed by atoms with E-state index in [1.165, 1.54) is 0 Å². The summed E-state index contributed by atoms with van der Waals surface area (Å²) < 4.78 is 5.66. The number of furan rings is 1. The molecule has 2 unspecified atom stereocenters. The zero-order valence-corrected chi connectivity index (χ0v) is 10.2. The zero-order valence-electron chi connectivity index (χ0n) is 10.2. The van der Waals surface area contributed by atoms with Crippen LogP contribution in [0.25, 0.3) is 0 Å². The lowest BCUT2D eigenvalue weighted by Gasteiger charge is -2.23. The Kier molecular flexibility index (Phi) is 4.36. The third kappa shape index (κ3) is 3.68. The average Bonchev–Trinajstić information content (AvgIpc) is 2.51. The van der Waals surface area contributed by atoms with E-state index in [2.05, 4.69) is 25.1 Å². The molecule has 1 heterocycles. The second-order valence-corrected chi connectivity index (χ2v) is 4.48. The number of nitrogens with zero attached hydrogens (tertiary/aromatic N) is 1. The Labute approximate surface area is 92.2 Å². The Hall–Kier alpha value is -0.800. The molecule has 0 aliphatic heterocycles. The highest BCUT2D eigenvalue weighted by atomic mass is 16.3. The van der Waals surface area contributed by atoms with Crippen LogP contribution >= 0.6 is 0 Å². The molecule has 0 saturated carbocycles. The molecule has 2 N–H and O–H groups in total. The molecule has 3 heteroatoms. The number of aryl methyl sites for hydroxylation is 1. The van der Waals surface area contributed by atoms with Gasteiger partial charge in [0.2, 0.25) is 0 Å². The smallest absolute Gasteiger partial charge is 0.121 e. The second kappa shape index (κ2) is 5.33. The van der Waals surface area contributed by atoms with Crippen LogP contribution in [0.1, 0.15) is 37.3 Å². The van der Waals surface area contributed by atoms with E-state index in [-0.39, 0.29) is 6.04 Å². The predicted molar refractivity (Wildman–Crippen MR) is 62.8 cm³/mol. The third-order valence-corrected chi connectivity index (χ3v) is 2.61. The van der Waals surface area contributed by atoms with Crippen LogP contribution in [0.15, 0.2) is 16.5 Å². The van der Waals surface area contributed by atoms with Crippen LogP contribution in [-0.2, 0) is 0 Å². The molecule has 0 aromatic carbocycles. The lowest BCUT2D eigenvalue weighted by molar-refractivity contribution is 0.236. The van der Waals surface area contributed by atoms with Gasteiger partial charge in [0.05, 0.1) is 6.04 Å². The van der Waals surface area contributed by atoms with Gasteiger partial charge in [0.1, 0.15) is 11.5 Å². The van der Waals surface area contributed by atoms with Gasteiger partial charge in [-0.2, -0.15) is 0 Å². The average molecular weight is 210 g/mol. The summed E-state index contributed by atoms with van der Waals surface area (Å²) in [5.74, 6) is 2.01. The van der Waals surface area contributed by atoms with Crippen LogP contribution in [0, 0.1) is 6.92 Å². The van der Waals surface area contributed by atoms with Crippen molar-refractivity contribution in [2.45, 2.75) is 38.8 Å². The highest BCUT2D eigenvalue weighted by molar-refractivity contribution is 5.09. The summed E-state index contributed by atoms with van der Waals surface area (Å²) in [5, 5.41) is 0. The first-order valence-corrected chi connectivity index (χ1v) is 5.49. The molecule has 3 nitrogen and oxygen atoms in total. The van der Waals surface area contributed by atoms with Crippen molar-refractivity contribution in [3.63, 3.8) is 0 Å². The van der Waals surface area contributed by atoms with Gasteiger partial charge < -0.3 is 10.2 Å². The van der Waals surface area contributed by atoms with Gasteiger partial charge in [0, 0.05) is 6.04 Å². The summed E-state index contributed by atoms with van der Waals surface area (Å²) in [6.45, 7) is 4.02. The van der Waals surface area contributed by atoms with Crippen LogP contribution < -0.4 is 5.73 Å². The van der Waals surface area contributed by atoms with E-state index in [1.54, 1.807) is 0 Å². The Morgan fingerprint density at radius 2 is 2.00 bits per heavy atom. The maximum atomic E-state index is 5.78. The van der Waals surface area contributed by atoms with Crippen molar-refractivity contribution in [3.8, 4) is 0 Å². The molecule has 0 aliphatic rings. The van der Waals surface area contributed by atoms with Gasteiger partial charge in [-0.05, 0) is 52.9 Å². The van der Waals surface area contributed by atoms with Crippen LogP contribution in [0.4, 0.5) is 0 Å². The number of nitrogens with two attached hydrogens (primary N) is 1. The lowest BCUT2D eigenvalue weighted by atomic mass is 10.0. The molecule has 0 radical (unpaired) electrons. The zero-order chi connectivity index (χ0) is 11.4. The maximum absolute atomic E-state index is 5.78. The van der Waals surface area contributed by atoms with Crippen molar-refractivity contribution < 1.29 is 4.42 Å². The summed E-state index contributed by atoms with van der Waals surface area (Å²) >= 11 is 0. The molecule has 1 rings (SSSR count). The number of hydrogen-bond acceptors (Lipinski definition) is 3. The molecule has 0 spiro atoms. The predicted octanol–water partition coefficient (Wildman–Crippen LogP) is 2.32. The van der Waals surface area contributed by atoms with Gasteiger partial charge in [0.25, 0.3) is 0 Å². The first-order valence-electron chi connectivity index (χ1n) is 5.49. The standard InChI is InChI=1S/C12H22N2O/c1-9(13)5-7-11(14(3)4)12-8-6-10(2)15-12/h6,8-9,11H,5,7,13H2,1-4H3. The van der Waals surface area contributed by atoms with E-state index in [1.807, 2.05) is 19.9 Å². The Morgan fingerprint density at radius 1 is 1.33 bits per heavy atom. The quantitative estimate of drug-likeness (QED) is 0.811. The summed E-state index contributed by atoms with van der Waals surface area (Å²) in [6.07, 6.45) is 2.06. The molecule has 2 atom stereocenters. The fraction of sp³-hybridized carbons (Fsp3) is 0.667. The van der Waals surface area contributed by atoms with Gasteiger partial charge in [-0.25, -0.2) is 0 Å². The molecule has 0 aliphatic carbocycles. The van der Waals surface area contributed by atoms with Crippen LogP contribution in [-0.4, -0.2) is 25.0 Å². The third-order valence-electron chi connectivity index (χ3n) is 2.61. The van der Waals surface area contributed by atoms with E-state index in [0.717, 1.165) is 24.4 Å². The first-order chi connectivity index (χ1) is 7.00. The van der Waals surface area contributed by atoms with Crippen molar-refractivity contribution in [3.05, 3.63) is 23.7 Å². The highest BCUT2D eigenvalue weighted by Crippen LogP contribution is 2.25. The monoisotopic (exact) mass is 210 g/mol. The number of rotatable bonds is 5. The maximum Gasteiger partial charge on any atom is 0.121 e. The minimum absolute atomic E-state index is 0.253. The van der Waals surface area contributed by atoms with Gasteiger partial charge >= 0.3 is 0 Å². The largest absolute Gasteiger partial charge is 0.465 e. The van der Waals surface area contributed by atoms with Gasteiger partial charge in [-0.15, -0.1) is 0 Å². The molecule has 86 valence electrons. The van der Waals surface area contributed by atoms with E-state index >= 15 is 0 Å². The minimum atomic E-state index is 0.253. The molecule has 0 fully saturated rings. The molecular weight excluding hydrogens is 188 g/mol. The molecule has 1 aromatic heterocycles. The van der Waals surface area contributed by atoms with Crippen molar-refractivity contribution in [1.29, 1.82) is 0 Å². The summed E-state index contributed by atoms with van der Waals surface area (Å²) in [5.41, 5.74) is 5.78. The van der Waals surface area contributed by atoms with Crippen LogP contribution in [0.3, 0.4) is 0 Å². The summed E-state index contributed by atoms with van der Waals surface area (Å²) in [6, 6.07) is 4.66. The van der Waals surface area contributed by atoms with Crippen molar-refractivity contribution in [2.24, 2.45) is 5.73 Å². The Bertz CT molecular complexity index is 292. The van der Waals surface area contributed by atoms with E-state index < -0.39 is 0 Å². The summed E-state index contributed by atoms with van der Waals surface area (Å²) in [4.78, 5) is 2.18. The molecule has 1 aromatic rings. The minimum Gasteiger partial charge on any atom is -0.465 e. The lowest BCUT2D eigenvalue weighted by Crippen LogP contribution is -2.23. The fourth-order valence-corrected chi connectivity index (χ4v) is 1.71. The van der Waals surface area contributed by atoms with E-state index in [9.17, 15) is 0 Å². The first kappa shape index (κ1) is 12.3. The highest BCUT2D eigenvalue weighted by Gasteiger charge is 2.17. The van der Waals surface area contributed by atoms with Crippen molar-refractivity contribution in [2.75, 3.05) is 14.1 Å². The van der Waals surface area contributed by atoms with Gasteiger partial charge in [-0.3, -0.25) is 4.90 Å². The molecule has 15 heavy (non-hydrogen) atoms. The van der Waals surface area contributed by atoms with Crippen molar-refractivity contribution >= 4 is 0 Å². The van der Waals surface area contributed by atoms with Crippen LogP contribution in [0.5, 0.6) is 0 Å². The Balaban J connectivity index is 2.66.